The molecule has 8 heteroatoms. The Labute approximate surface area is 146 Å². The zero-order valence-corrected chi connectivity index (χ0v) is 13.4. The van der Waals surface area contributed by atoms with Crippen LogP contribution in [0.5, 0.6) is 0 Å². The highest BCUT2D eigenvalue weighted by Gasteiger charge is 2.13. The van der Waals surface area contributed by atoms with Crippen molar-refractivity contribution in [1.82, 2.24) is 14.5 Å². The monoisotopic (exact) mass is 348 g/mol. The van der Waals surface area contributed by atoms with Crippen LogP contribution in [-0.2, 0) is 6.54 Å². The number of nitrogens with zero attached hydrogens (tertiary/aromatic N) is 4. The van der Waals surface area contributed by atoms with Crippen molar-refractivity contribution in [2.75, 3.05) is 0 Å². The molecule has 4 aromatic rings. The normalized spacial score (nSPS) is 10.9. The minimum Gasteiger partial charge on any atom is -0.439 e. The lowest BCUT2D eigenvalue weighted by molar-refractivity contribution is -0.384. The standard InChI is InChI=1S/C18H12N4O4/c23-18-14-8-13(22(24)25)6-7-15(14)20-11-21(18)10-17-19-9-16(26-17)12-4-2-1-3-5-12/h1-9,11H,10H2. The number of aromatic nitrogens is 3. The molecule has 0 N–H and O–H groups in total. The molecule has 0 saturated heterocycles. The van der Waals surface area contributed by atoms with Crippen LogP contribution >= 0.6 is 0 Å². The zero-order chi connectivity index (χ0) is 18.1. The van der Waals surface area contributed by atoms with E-state index in [-0.39, 0.29) is 17.6 Å². The molecule has 2 aromatic carbocycles. The quantitative estimate of drug-likeness (QED) is 0.415. The van der Waals surface area contributed by atoms with Gasteiger partial charge in [-0.1, -0.05) is 30.3 Å². The van der Waals surface area contributed by atoms with E-state index >= 15 is 0 Å². The van der Waals surface area contributed by atoms with Gasteiger partial charge in [-0.15, -0.1) is 0 Å². The zero-order valence-electron chi connectivity index (χ0n) is 13.4. The number of benzene rings is 2. The number of non-ortho nitro benzene ring substituents is 1. The average Bonchev–Trinajstić information content (AvgIpc) is 3.13. The molecule has 0 radical (unpaired) electrons. The summed E-state index contributed by atoms with van der Waals surface area (Å²) in [6.07, 6.45) is 2.97. The summed E-state index contributed by atoms with van der Waals surface area (Å²) in [6.45, 7) is 0.0807. The van der Waals surface area contributed by atoms with Crippen LogP contribution < -0.4 is 5.56 Å². The molecule has 4 rings (SSSR count). The van der Waals surface area contributed by atoms with Gasteiger partial charge in [0.05, 0.1) is 28.4 Å². The van der Waals surface area contributed by atoms with E-state index in [2.05, 4.69) is 9.97 Å². The second-order valence-corrected chi connectivity index (χ2v) is 5.62. The van der Waals surface area contributed by atoms with Crippen LogP contribution in [0.15, 0.2) is 70.3 Å². The Morgan fingerprint density at radius 1 is 1.12 bits per heavy atom. The number of hydrogen-bond acceptors (Lipinski definition) is 6. The van der Waals surface area contributed by atoms with Crippen LogP contribution in [0.4, 0.5) is 5.69 Å². The SMILES string of the molecule is O=c1c2cc([N+](=O)[O-])ccc2ncn1Cc1ncc(-c2ccccc2)o1. The maximum Gasteiger partial charge on any atom is 0.270 e. The predicted molar refractivity (Wildman–Crippen MR) is 93.7 cm³/mol. The largest absolute Gasteiger partial charge is 0.439 e. The van der Waals surface area contributed by atoms with Crippen LogP contribution in [0.1, 0.15) is 5.89 Å². The van der Waals surface area contributed by atoms with Crippen molar-refractivity contribution in [3.8, 4) is 11.3 Å². The molecular weight excluding hydrogens is 336 g/mol. The summed E-state index contributed by atoms with van der Waals surface area (Å²) in [5, 5.41) is 11.1. The highest BCUT2D eigenvalue weighted by atomic mass is 16.6. The number of nitro benzene ring substituents is 1. The number of oxazole rings is 1. The van der Waals surface area contributed by atoms with Crippen molar-refractivity contribution in [3.05, 3.63) is 87.4 Å². The topological polar surface area (TPSA) is 104 Å². The smallest absolute Gasteiger partial charge is 0.270 e. The van der Waals surface area contributed by atoms with Gasteiger partial charge < -0.3 is 4.42 Å². The first-order valence-corrected chi connectivity index (χ1v) is 7.75. The van der Waals surface area contributed by atoms with Crippen molar-refractivity contribution >= 4 is 16.6 Å². The Bertz CT molecular complexity index is 1160. The third-order valence-electron chi connectivity index (χ3n) is 3.94. The Kier molecular flexibility index (Phi) is 3.77. The first-order chi connectivity index (χ1) is 12.6. The molecule has 26 heavy (non-hydrogen) atoms. The third-order valence-corrected chi connectivity index (χ3v) is 3.94. The van der Waals surface area contributed by atoms with Crippen molar-refractivity contribution in [2.45, 2.75) is 6.54 Å². The lowest BCUT2D eigenvalue weighted by atomic mass is 10.2. The molecule has 0 atom stereocenters. The molecule has 0 unspecified atom stereocenters. The molecule has 0 aliphatic carbocycles. The molecule has 0 amide bonds. The summed E-state index contributed by atoms with van der Waals surface area (Å²) in [5.41, 5.74) is 0.731. The summed E-state index contributed by atoms with van der Waals surface area (Å²) < 4.78 is 7.01. The summed E-state index contributed by atoms with van der Waals surface area (Å²) in [5.74, 6) is 0.940. The van der Waals surface area contributed by atoms with Gasteiger partial charge in [-0.2, -0.15) is 0 Å². The molecule has 8 nitrogen and oxygen atoms in total. The summed E-state index contributed by atoms with van der Waals surface area (Å²) in [7, 11) is 0. The highest BCUT2D eigenvalue weighted by molar-refractivity contribution is 5.79. The van der Waals surface area contributed by atoms with Gasteiger partial charge in [-0.05, 0) is 6.07 Å². The molecular formula is C18H12N4O4. The first-order valence-electron chi connectivity index (χ1n) is 7.75. The van der Waals surface area contributed by atoms with E-state index in [1.165, 1.54) is 29.1 Å². The van der Waals surface area contributed by atoms with E-state index in [1.807, 2.05) is 30.3 Å². The van der Waals surface area contributed by atoms with Crippen molar-refractivity contribution in [1.29, 1.82) is 0 Å². The van der Waals surface area contributed by atoms with Crippen LogP contribution in [-0.4, -0.2) is 19.5 Å². The van der Waals surface area contributed by atoms with E-state index in [0.717, 1.165) is 5.56 Å². The second kappa shape index (κ2) is 6.25. The fourth-order valence-electron chi connectivity index (χ4n) is 2.64. The van der Waals surface area contributed by atoms with Crippen molar-refractivity contribution < 1.29 is 9.34 Å². The van der Waals surface area contributed by atoms with Gasteiger partial charge in [0.1, 0.15) is 6.54 Å². The first kappa shape index (κ1) is 15.7. The molecule has 128 valence electrons. The minimum atomic E-state index is -0.545. The molecule has 2 aromatic heterocycles. The fraction of sp³-hybridized carbons (Fsp3) is 0.0556. The van der Waals surface area contributed by atoms with E-state index in [4.69, 9.17) is 4.42 Å². The summed E-state index contributed by atoms with van der Waals surface area (Å²) in [6, 6.07) is 13.5. The number of fused-ring (bicyclic) bond motifs is 1. The lowest BCUT2D eigenvalue weighted by Gasteiger charge is -2.04. The minimum absolute atomic E-state index is 0.0807. The Hall–Kier alpha value is -3.81. The molecule has 0 saturated carbocycles. The summed E-state index contributed by atoms with van der Waals surface area (Å²) >= 11 is 0. The molecule has 0 aliphatic rings. The third kappa shape index (κ3) is 2.84. The van der Waals surface area contributed by atoms with Gasteiger partial charge in [0.25, 0.3) is 11.2 Å². The Morgan fingerprint density at radius 3 is 2.69 bits per heavy atom. The van der Waals surface area contributed by atoms with Crippen molar-refractivity contribution in [2.24, 2.45) is 0 Å². The van der Waals surface area contributed by atoms with Gasteiger partial charge in [0.15, 0.2) is 5.76 Å². The predicted octanol–water partition coefficient (Wildman–Crippen LogP) is 3.01. The molecule has 0 spiro atoms. The van der Waals surface area contributed by atoms with Crippen LogP contribution in [0.3, 0.4) is 0 Å². The van der Waals surface area contributed by atoms with E-state index in [1.54, 1.807) is 6.20 Å². The van der Waals surface area contributed by atoms with Crippen molar-refractivity contribution in [3.63, 3.8) is 0 Å². The van der Waals surface area contributed by atoms with Crippen LogP contribution in [0.2, 0.25) is 0 Å². The lowest BCUT2D eigenvalue weighted by Crippen LogP contribution is -2.21. The number of rotatable bonds is 4. The van der Waals surface area contributed by atoms with Crippen LogP contribution in [0, 0.1) is 10.1 Å². The molecule has 0 fully saturated rings. The maximum absolute atomic E-state index is 12.6. The van der Waals surface area contributed by atoms with Gasteiger partial charge >= 0.3 is 0 Å². The van der Waals surface area contributed by atoms with E-state index < -0.39 is 10.5 Å². The van der Waals surface area contributed by atoms with Gasteiger partial charge in [-0.3, -0.25) is 19.5 Å². The van der Waals surface area contributed by atoms with E-state index in [9.17, 15) is 14.9 Å². The summed E-state index contributed by atoms with van der Waals surface area (Å²) in [4.78, 5) is 31.4. The average molecular weight is 348 g/mol. The molecule has 0 bridgehead atoms. The molecule has 0 aliphatic heterocycles. The van der Waals surface area contributed by atoms with E-state index in [0.29, 0.717) is 17.2 Å². The second-order valence-electron chi connectivity index (χ2n) is 5.62. The van der Waals surface area contributed by atoms with Gasteiger partial charge in [-0.25, -0.2) is 9.97 Å². The molecule has 2 heterocycles. The Balaban J connectivity index is 1.69. The van der Waals surface area contributed by atoms with Gasteiger partial charge in [0.2, 0.25) is 5.89 Å². The van der Waals surface area contributed by atoms with Crippen LogP contribution in [0.25, 0.3) is 22.2 Å². The van der Waals surface area contributed by atoms with Gasteiger partial charge in [0, 0.05) is 17.7 Å². The maximum atomic E-state index is 12.6. The highest BCUT2D eigenvalue weighted by Crippen LogP contribution is 2.20. The number of hydrogen-bond donors (Lipinski definition) is 0. The Morgan fingerprint density at radius 2 is 1.92 bits per heavy atom. The number of nitro groups is 1. The fourth-order valence-corrected chi connectivity index (χ4v) is 2.64.